The quantitative estimate of drug-likeness (QED) is 0.573. The summed E-state index contributed by atoms with van der Waals surface area (Å²) in [6.07, 6.45) is 4.63. The molecule has 0 bridgehead atoms. The first-order chi connectivity index (χ1) is 8.06. The molecule has 0 aliphatic carbocycles. The van der Waals surface area contributed by atoms with Crippen molar-refractivity contribution in [3.63, 3.8) is 0 Å². The van der Waals surface area contributed by atoms with Crippen LogP contribution < -0.4 is 5.73 Å². The number of allylic oxidation sites excluding steroid dienone is 3. The lowest BCUT2D eigenvalue weighted by molar-refractivity contribution is -0.127. The van der Waals surface area contributed by atoms with E-state index in [1.807, 2.05) is 19.9 Å². The summed E-state index contributed by atoms with van der Waals surface area (Å²) >= 11 is 4.08. The number of hydrogen-bond acceptors (Lipinski definition) is 3. The molecule has 1 unspecified atom stereocenters. The summed E-state index contributed by atoms with van der Waals surface area (Å²) in [5, 5.41) is 0. The average Bonchev–Trinajstić information content (AvgIpc) is 2.25. The van der Waals surface area contributed by atoms with Crippen molar-refractivity contribution in [3.05, 3.63) is 24.3 Å². The molecular weight excluding hydrogens is 242 g/mol. The summed E-state index contributed by atoms with van der Waals surface area (Å²) in [4.78, 5) is 12.1. The van der Waals surface area contributed by atoms with E-state index in [9.17, 15) is 4.79 Å². The molecule has 0 saturated carbocycles. The van der Waals surface area contributed by atoms with Gasteiger partial charge in [0.05, 0.1) is 6.04 Å². The molecule has 3 heteroatoms. The van der Waals surface area contributed by atoms with Gasteiger partial charge in [-0.2, -0.15) is 12.6 Å². The molecule has 1 atom stereocenters. The molecule has 0 heterocycles. The molecular formula is C15H27NOS. The third-order valence-corrected chi connectivity index (χ3v) is 3.51. The topological polar surface area (TPSA) is 43.1 Å². The summed E-state index contributed by atoms with van der Waals surface area (Å²) in [5.41, 5.74) is 6.51. The van der Waals surface area contributed by atoms with Crippen molar-refractivity contribution in [1.82, 2.24) is 0 Å². The summed E-state index contributed by atoms with van der Waals surface area (Å²) < 4.78 is 0. The maximum absolute atomic E-state index is 12.1. The van der Waals surface area contributed by atoms with Crippen molar-refractivity contribution < 1.29 is 4.79 Å². The number of hydrogen-bond donors (Lipinski definition) is 2. The normalized spacial score (nSPS) is 15.4. The third kappa shape index (κ3) is 4.99. The van der Waals surface area contributed by atoms with Gasteiger partial charge in [-0.1, -0.05) is 53.3 Å². The molecule has 0 aromatic heterocycles. The van der Waals surface area contributed by atoms with E-state index < -0.39 is 11.5 Å². The van der Waals surface area contributed by atoms with Crippen LogP contribution in [0.5, 0.6) is 0 Å². The van der Waals surface area contributed by atoms with E-state index in [-0.39, 0.29) is 11.2 Å². The highest BCUT2D eigenvalue weighted by Crippen LogP contribution is 2.30. The van der Waals surface area contributed by atoms with Gasteiger partial charge in [0.1, 0.15) is 0 Å². The van der Waals surface area contributed by atoms with Crippen molar-refractivity contribution in [3.8, 4) is 0 Å². The number of carbonyl (C=O) groups excluding carboxylic acids is 1. The monoisotopic (exact) mass is 269 g/mol. The van der Waals surface area contributed by atoms with Gasteiger partial charge in [0.25, 0.3) is 0 Å². The van der Waals surface area contributed by atoms with Gasteiger partial charge < -0.3 is 5.73 Å². The Morgan fingerprint density at radius 2 is 1.83 bits per heavy atom. The molecule has 18 heavy (non-hydrogen) atoms. The minimum Gasteiger partial charge on any atom is -0.321 e. The highest BCUT2D eigenvalue weighted by molar-refractivity contribution is 7.80. The van der Waals surface area contributed by atoms with Gasteiger partial charge in [0.2, 0.25) is 0 Å². The fourth-order valence-electron chi connectivity index (χ4n) is 1.75. The van der Waals surface area contributed by atoms with Crippen LogP contribution >= 0.6 is 12.6 Å². The average molecular weight is 269 g/mol. The van der Waals surface area contributed by atoms with Gasteiger partial charge in [0.15, 0.2) is 5.78 Å². The van der Waals surface area contributed by atoms with Crippen LogP contribution in [0.4, 0.5) is 0 Å². The fraction of sp³-hybridized carbons (Fsp3) is 0.667. The van der Waals surface area contributed by atoms with Crippen LogP contribution in [0.2, 0.25) is 0 Å². The molecule has 0 radical (unpaired) electrons. The van der Waals surface area contributed by atoms with Gasteiger partial charge >= 0.3 is 0 Å². The predicted molar refractivity (Wildman–Crippen MR) is 83.0 cm³/mol. The van der Waals surface area contributed by atoms with E-state index in [4.69, 9.17) is 5.73 Å². The fourth-order valence-corrected chi connectivity index (χ4v) is 1.91. The molecule has 0 aliphatic rings. The SMILES string of the molecule is C=CC(=CCC(C)(C)C(=O)C(N)CS)C(C)(C)C. The standard InChI is InChI=1S/C15H27NOS/c1-7-11(14(2,3)4)8-9-15(5,6)13(17)12(16)10-18/h7-8,12,18H,1,9-10,16H2,2-6H3. The highest BCUT2D eigenvalue weighted by Gasteiger charge is 2.30. The Morgan fingerprint density at radius 1 is 1.33 bits per heavy atom. The van der Waals surface area contributed by atoms with E-state index in [0.717, 1.165) is 5.57 Å². The molecule has 0 spiro atoms. The second kappa shape index (κ2) is 6.58. The van der Waals surface area contributed by atoms with Crippen LogP contribution in [-0.2, 0) is 4.79 Å². The summed E-state index contributed by atoms with van der Waals surface area (Å²) in [6, 6.07) is -0.487. The number of thiol groups is 1. The maximum Gasteiger partial charge on any atom is 0.156 e. The molecule has 0 amide bonds. The van der Waals surface area contributed by atoms with Gasteiger partial charge in [-0.25, -0.2) is 0 Å². The zero-order valence-electron chi connectivity index (χ0n) is 12.3. The number of nitrogens with two attached hydrogens (primary N) is 1. The minimum atomic E-state index is -0.487. The molecule has 0 aliphatic heterocycles. The Hall–Kier alpha value is -0.540. The number of Topliss-reactive ketones (excluding diaryl/α,β-unsaturated/α-hetero) is 1. The van der Waals surface area contributed by atoms with Crippen LogP contribution in [0.1, 0.15) is 41.0 Å². The van der Waals surface area contributed by atoms with Crippen molar-refractivity contribution in [1.29, 1.82) is 0 Å². The lowest BCUT2D eigenvalue weighted by Crippen LogP contribution is -2.41. The largest absolute Gasteiger partial charge is 0.321 e. The van der Waals surface area contributed by atoms with Gasteiger partial charge in [0, 0.05) is 11.2 Å². The molecule has 0 aromatic carbocycles. The number of ketones is 1. The van der Waals surface area contributed by atoms with Crippen molar-refractivity contribution in [2.45, 2.75) is 47.1 Å². The highest BCUT2D eigenvalue weighted by atomic mass is 32.1. The first-order valence-electron chi connectivity index (χ1n) is 6.30. The summed E-state index contributed by atoms with van der Waals surface area (Å²) in [7, 11) is 0. The smallest absolute Gasteiger partial charge is 0.156 e. The van der Waals surface area contributed by atoms with Crippen LogP contribution in [0.25, 0.3) is 0 Å². The number of rotatable bonds is 6. The van der Waals surface area contributed by atoms with Crippen molar-refractivity contribution in [2.75, 3.05) is 5.75 Å². The Kier molecular flexibility index (Phi) is 6.38. The van der Waals surface area contributed by atoms with E-state index in [1.165, 1.54) is 0 Å². The molecule has 2 nitrogen and oxygen atoms in total. The zero-order chi connectivity index (χ0) is 14.6. The van der Waals surface area contributed by atoms with E-state index >= 15 is 0 Å². The van der Waals surface area contributed by atoms with E-state index in [1.54, 1.807) is 0 Å². The third-order valence-electron chi connectivity index (χ3n) is 3.12. The first kappa shape index (κ1) is 17.5. The van der Waals surface area contributed by atoms with Crippen LogP contribution in [-0.4, -0.2) is 17.6 Å². The molecule has 104 valence electrons. The minimum absolute atomic E-state index is 0.0482. The van der Waals surface area contributed by atoms with Gasteiger partial charge in [-0.15, -0.1) is 0 Å². The van der Waals surface area contributed by atoms with Crippen molar-refractivity contribution >= 4 is 18.4 Å². The van der Waals surface area contributed by atoms with Crippen LogP contribution in [0.3, 0.4) is 0 Å². The van der Waals surface area contributed by atoms with Gasteiger partial charge in [-0.05, 0) is 17.4 Å². The van der Waals surface area contributed by atoms with Crippen LogP contribution in [0, 0.1) is 10.8 Å². The van der Waals surface area contributed by atoms with Crippen LogP contribution in [0.15, 0.2) is 24.3 Å². The number of carbonyl (C=O) groups is 1. The van der Waals surface area contributed by atoms with Crippen molar-refractivity contribution in [2.24, 2.45) is 16.6 Å². The molecule has 0 saturated heterocycles. The zero-order valence-corrected chi connectivity index (χ0v) is 13.2. The maximum atomic E-state index is 12.1. The lowest BCUT2D eigenvalue weighted by Gasteiger charge is -2.26. The summed E-state index contributed by atoms with van der Waals surface area (Å²) in [6.45, 7) is 14.1. The molecule has 0 aromatic rings. The first-order valence-corrected chi connectivity index (χ1v) is 6.93. The second-order valence-electron chi connectivity index (χ2n) is 6.35. The molecule has 2 N–H and O–H groups in total. The predicted octanol–water partition coefficient (Wildman–Crippen LogP) is 3.39. The van der Waals surface area contributed by atoms with Gasteiger partial charge in [-0.3, -0.25) is 4.79 Å². The van der Waals surface area contributed by atoms with E-state index in [0.29, 0.717) is 12.2 Å². The Balaban J connectivity index is 4.93. The second-order valence-corrected chi connectivity index (χ2v) is 6.72. The molecule has 0 fully saturated rings. The van der Waals surface area contributed by atoms with E-state index in [2.05, 4.69) is 46.1 Å². The molecule has 0 rings (SSSR count). The lowest BCUT2D eigenvalue weighted by atomic mass is 9.78. The summed E-state index contributed by atoms with van der Waals surface area (Å²) in [5.74, 6) is 0.450. The Labute approximate surface area is 117 Å². The Bertz CT molecular complexity index is 337. The Morgan fingerprint density at radius 3 is 2.17 bits per heavy atom.